The number of rotatable bonds is 8. The topological polar surface area (TPSA) is 106 Å². The SMILES string of the molecule is CC(C)(C)OC(=O)CCO/N=C/c1ccn2c(-c3cccc(NC(=O)NCC(F)(F)F)c3)cnc2c1. The minimum Gasteiger partial charge on any atom is -0.460 e. The summed E-state index contributed by atoms with van der Waals surface area (Å²) in [6, 6.07) is 9.25. The highest BCUT2D eigenvalue weighted by Gasteiger charge is 2.27. The lowest BCUT2D eigenvalue weighted by molar-refractivity contribution is -0.156. The van der Waals surface area contributed by atoms with Gasteiger partial charge in [-0.2, -0.15) is 13.2 Å². The summed E-state index contributed by atoms with van der Waals surface area (Å²) in [4.78, 5) is 32.9. The third-order valence-corrected chi connectivity index (χ3v) is 4.50. The van der Waals surface area contributed by atoms with Crippen molar-refractivity contribution >= 4 is 29.5 Å². The highest BCUT2D eigenvalue weighted by molar-refractivity contribution is 5.90. The number of carbonyl (C=O) groups excluding carboxylic acids is 2. The molecule has 3 aromatic rings. The van der Waals surface area contributed by atoms with E-state index in [0.29, 0.717) is 28.2 Å². The van der Waals surface area contributed by atoms with Crippen LogP contribution >= 0.6 is 0 Å². The van der Waals surface area contributed by atoms with Crippen molar-refractivity contribution in [1.82, 2.24) is 14.7 Å². The van der Waals surface area contributed by atoms with E-state index < -0.39 is 24.4 Å². The molecule has 2 heterocycles. The van der Waals surface area contributed by atoms with Crippen LogP contribution in [0.15, 0.2) is 53.9 Å². The Morgan fingerprint density at radius 2 is 1.94 bits per heavy atom. The zero-order chi connectivity index (χ0) is 26.3. The number of pyridine rings is 1. The van der Waals surface area contributed by atoms with Gasteiger partial charge < -0.3 is 20.2 Å². The predicted octanol–water partition coefficient (Wildman–Crippen LogP) is 4.77. The van der Waals surface area contributed by atoms with Crippen molar-refractivity contribution in [1.29, 1.82) is 0 Å². The number of aromatic nitrogens is 2. The van der Waals surface area contributed by atoms with Crippen LogP contribution in [-0.4, -0.2) is 52.5 Å². The van der Waals surface area contributed by atoms with E-state index in [1.165, 1.54) is 6.21 Å². The predicted molar refractivity (Wildman–Crippen MR) is 128 cm³/mol. The van der Waals surface area contributed by atoms with Crippen molar-refractivity contribution in [3.8, 4) is 11.3 Å². The van der Waals surface area contributed by atoms with Crippen molar-refractivity contribution in [3.05, 3.63) is 54.4 Å². The third kappa shape index (κ3) is 8.29. The van der Waals surface area contributed by atoms with Crippen LogP contribution in [0, 0.1) is 0 Å². The van der Waals surface area contributed by atoms with Crippen LogP contribution in [0.25, 0.3) is 16.9 Å². The first-order chi connectivity index (χ1) is 16.9. The van der Waals surface area contributed by atoms with Gasteiger partial charge in [0.15, 0.2) is 0 Å². The maximum Gasteiger partial charge on any atom is 0.405 e. The Balaban J connectivity index is 1.61. The van der Waals surface area contributed by atoms with Gasteiger partial charge in [0.25, 0.3) is 0 Å². The molecule has 12 heteroatoms. The van der Waals surface area contributed by atoms with Gasteiger partial charge >= 0.3 is 18.2 Å². The molecule has 0 aliphatic carbocycles. The van der Waals surface area contributed by atoms with Crippen molar-refractivity contribution in [3.63, 3.8) is 0 Å². The first-order valence-corrected chi connectivity index (χ1v) is 11.0. The molecule has 0 saturated heterocycles. The Bertz CT molecular complexity index is 1250. The summed E-state index contributed by atoms with van der Waals surface area (Å²) in [5.74, 6) is -0.370. The van der Waals surface area contributed by atoms with E-state index in [1.54, 1.807) is 74.9 Å². The fraction of sp³-hybridized carbons (Fsp3) is 0.333. The van der Waals surface area contributed by atoms with Crippen molar-refractivity contribution in [2.45, 2.75) is 39.0 Å². The van der Waals surface area contributed by atoms with Gasteiger partial charge in [-0.15, -0.1) is 0 Å². The molecule has 0 saturated carbocycles. The molecule has 0 bridgehead atoms. The molecule has 0 spiro atoms. The van der Waals surface area contributed by atoms with E-state index in [0.717, 1.165) is 0 Å². The summed E-state index contributed by atoms with van der Waals surface area (Å²) in [6.45, 7) is 4.02. The van der Waals surface area contributed by atoms with Crippen LogP contribution in [0.3, 0.4) is 0 Å². The third-order valence-electron chi connectivity index (χ3n) is 4.50. The summed E-state index contributed by atoms with van der Waals surface area (Å²) in [5.41, 5.74) is 2.51. The number of alkyl halides is 3. The number of oxime groups is 1. The fourth-order valence-corrected chi connectivity index (χ4v) is 3.07. The number of imidazole rings is 1. The van der Waals surface area contributed by atoms with Gasteiger partial charge in [-0.05, 0) is 45.0 Å². The Morgan fingerprint density at radius 3 is 2.67 bits per heavy atom. The second-order valence-corrected chi connectivity index (χ2v) is 8.74. The van der Waals surface area contributed by atoms with Crippen molar-refractivity contribution < 1.29 is 32.3 Å². The minimum atomic E-state index is -4.49. The second kappa shape index (κ2) is 11.1. The van der Waals surface area contributed by atoms with Gasteiger partial charge in [-0.1, -0.05) is 17.3 Å². The lowest BCUT2D eigenvalue weighted by atomic mass is 10.1. The van der Waals surface area contributed by atoms with Crippen LogP contribution in [0.4, 0.5) is 23.7 Å². The Hall–Kier alpha value is -4.09. The Morgan fingerprint density at radius 1 is 1.17 bits per heavy atom. The number of hydrogen-bond donors (Lipinski definition) is 2. The second-order valence-electron chi connectivity index (χ2n) is 8.74. The number of hydrogen-bond acceptors (Lipinski definition) is 6. The molecule has 1 aromatic carbocycles. The van der Waals surface area contributed by atoms with E-state index >= 15 is 0 Å². The number of nitrogens with one attached hydrogen (secondary N) is 2. The average molecular weight is 505 g/mol. The zero-order valence-electron chi connectivity index (χ0n) is 19.9. The maximum atomic E-state index is 12.3. The molecule has 0 aliphatic heterocycles. The van der Waals surface area contributed by atoms with Crippen LogP contribution in [0.5, 0.6) is 0 Å². The fourth-order valence-electron chi connectivity index (χ4n) is 3.07. The number of nitrogens with zero attached hydrogens (tertiary/aromatic N) is 3. The van der Waals surface area contributed by atoms with Gasteiger partial charge in [0.05, 0.1) is 24.5 Å². The summed E-state index contributed by atoms with van der Waals surface area (Å²) >= 11 is 0. The van der Waals surface area contributed by atoms with Gasteiger partial charge in [0, 0.05) is 23.0 Å². The largest absolute Gasteiger partial charge is 0.460 e. The van der Waals surface area contributed by atoms with Crippen molar-refractivity contribution in [2.24, 2.45) is 5.16 Å². The van der Waals surface area contributed by atoms with Gasteiger partial charge in [-0.25, -0.2) is 9.78 Å². The number of urea groups is 1. The molecule has 0 aliphatic rings. The highest BCUT2D eigenvalue weighted by atomic mass is 19.4. The molecule has 3 rings (SSSR count). The van der Waals surface area contributed by atoms with Crippen LogP contribution in [0.1, 0.15) is 32.8 Å². The molecule has 0 radical (unpaired) electrons. The lowest BCUT2D eigenvalue weighted by Gasteiger charge is -2.19. The number of halogens is 3. The molecule has 192 valence electrons. The van der Waals surface area contributed by atoms with Gasteiger partial charge in [0.1, 0.15) is 24.4 Å². The van der Waals surface area contributed by atoms with Crippen LogP contribution < -0.4 is 10.6 Å². The zero-order valence-corrected chi connectivity index (χ0v) is 19.9. The maximum absolute atomic E-state index is 12.3. The van der Waals surface area contributed by atoms with E-state index in [-0.39, 0.29) is 19.0 Å². The molecule has 2 amide bonds. The molecule has 0 atom stereocenters. The van der Waals surface area contributed by atoms with Crippen molar-refractivity contribution in [2.75, 3.05) is 18.5 Å². The summed E-state index contributed by atoms with van der Waals surface area (Å²) < 4.78 is 43.8. The molecule has 2 N–H and O–H groups in total. The summed E-state index contributed by atoms with van der Waals surface area (Å²) in [7, 11) is 0. The smallest absolute Gasteiger partial charge is 0.405 e. The standard InChI is InChI=1S/C24H26F3N5O4/c1-23(2,3)36-21(33)8-10-35-30-13-16-7-9-32-19(14-28-20(32)11-16)17-5-4-6-18(12-17)31-22(34)29-15-24(25,26)27/h4-7,9,11-14H,8,10,15H2,1-3H3,(H2,29,31,34)/b30-13+. The number of esters is 1. The summed E-state index contributed by atoms with van der Waals surface area (Å²) in [5, 5.41) is 8.01. The Kier molecular flexibility index (Phi) is 8.18. The van der Waals surface area contributed by atoms with E-state index in [4.69, 9.17) is 9.57 Å². The molecule has 9 nitrogen and oxygen atoms in total. The number of benzene rings is 1. The monoisotopic (exact) mass is 505 g/mol. The molecule has 0 fully saturated rings. The van der Waals surface area contributed by atoms with Crippen LogP contribution in [-0.2, 0) is 14.4 Å². The number of anilines is 1. The molecular weight excluding hydrogens is 479 g/mol. The lowest BCUT2D eigenvalue weighted by Crippen LogP contribution is -2.36. The number of amides is 2. The molecular formula is C24H26F3N5O4. The van der Waals surface area contributed by atoms with E-state index in [2.05, 4.69) is 15.5 Å². The van der Waals surface area contributed by atoms with E-state index in [9.17, 15) is 22.8 Å². The molecule has 36 heavy (non-hydrogen) atoms. The first-order valence-electron chi connectivity index (χ1n) is 11.0. The quantitative estimate of drug-likeness (QED) is 0.199. The first kappa shape index (κ1) is 26.5. The molecule has 0 unspecified atom stereocenters. The van der Waals surface area contributed by atoms with Crippen LogP contribution in [0.2, 0.25) is 0 Å². The van der Waals surface area contributed by atoms with Gasteiger partial charge in [0.2, 0.25) is 0 Å². The summed E-state index contributed by atoms with van der Waals surface area (Å²) in [6.07, 6.45) is 0.487. The van der Waals surface area contributed by atoms with E-state index in [1.807, 2.05) is 4.40 Å². The number of carbonyl (C=O) groups is 2. The molecule has 2 aromatic heterocycles. The number of ether oxygens (including phenoxy) is 1. The normalized spacial score (nSPS) is 12.1. The minimum absolute atomic E-state index is 0.0785. The highest BCUT2D eigenvalue weighted by Crippen LogP contribution is 2.24. The average Bonchev–Trinajstić information content (AvgIpc) is 3.19. The van der Waals surface area contributed by atoms with Gasteiger partial charge in [-0.3, -0.25) is 9.20 Å². The number of fused-ring (bicyclic) bond motifs is 1. The Labute approximate surface area is 205 Å².